The van der Waals surface area contributed by atoms with E-state index in [1.807, 2.05) is 6.07 Å². The molecule has 0 amide bonds. The highest BCUT2D eigenvalue weighted by atomic mass is 32.2. The molecule has 0 radical (unpaired) electrons. The van der Waals surface area contributed by atoms with E-state index < -0.39 is 0 Å². The standard InChI is InChI=1S/C11H7N3OS/c12-5-7-1-2-9-13-8-3-4-16-10(8)11(15)14(9)6-7/h1-2,6H,3-4H2. The van der Waals surface area contributed by atoms with Gasteiger partial charge in [-0.15, -0.1) is 11.8 Å². The Morgan fingerprint density at radius 3 is 3.19 bits per heavy atom. The van der Waals surface area contributed by atoms with E-state index in [2.05, 4.69) is 4.98 Å². The number of hydrogen-bond donors (Lipinski definition) is 0. The van der Waals surface area contributed by atoms with Gasteiger partial charge in [-0.25, -0.2) is 4.98 Å². The fraction of sp³-hybridized carbons (Fsp3) is 0.182. The van der Waals surface area contributed by atoms with Gasteiger partial charge in [0.1, 0.15) is 11.7 Å². The van der Waals surface area contributed by atoms with Crippen molar-refractivity contribution in [1.29, 1.82) is 5.26 Å². The Balaban J connectivity index is 2.43. The number of thioether (sulfide) groups is 1. The van der Waals surface area contributed by atoms with Gasteiger partial charge in [0, 0.05) is 18.4 Å². The number of nitrogens with zero attached hydrogens (tertiary/aromatic N) is 3. The van der Waals surface area contributed by atoms with Gasteiger partial charge in [0.05, 0.1) is 16.2 Å². The summed E-state index contributed by atoms with van der Waals surface area (Å²) in [7, 11) is 0. The smallest absolute Gasteiger partial charge is 0.268 e. The predicted octanol–water partition coefficient (Wildman–Crippen LogP) is 1.21. The van der Waals surface area contributed by atoms with Crippen LogP contribution in [0.3, 0.4) is 0 Å². The summed E-state index contributed by atoms with van der Waals surface area (Å²) in [6.45, 7) is 0. The van der Waals surface area contributed by atoms with Crippen molar-refractivity contribution in [3.63, 3.8) is 0 Å². The molecule has 1 aliphatic rings. The van der Waals surface area contributed by atoms with Crippen LogP contribution in [0.1, 0.15) is 11.3 Å². The molecular formula is C11H7N3OS. The molecule has 0 atom stereocenters. The van der Waals surface area contributed by atoms with E-state index in [1.165, 1.54) is 4.40 Å². The lowest BCUT2D eigenvalue weighted by atomic mass is 10.3. The summed E-state index contributed by atoms with van der Waals surface area (Å²) in [6, 6.07) is 5.41. The lowest BCUT2D eigenvalue weighted by Gasteiger charge is -2.03. The maximum Gasteiger partial charge on any atom is 0.271 e. The highest BCUT2D eigenvalue weighted by molar-refractivity contribution is 7.99. The number of aromatic nitrogens is 2. The summed E-state index contributed by atoms with van der Waals surface area (Å²) in [4.78, 5) is 17.2. The Hall–Kier alpha value is -1.80. The molecule has 0 aliphatic carbocycles. The largest absolute Gasteiger partial charge is 0.271 e. The lowest BCUT2D eigenvalue weighted by molar-refractivity contribution is 0.924. The van der Waals surface area contributed by atoms with Gasteiger partial charge in [-0.3, -0.25) is 9.20 Å². The lowest BCUT2D eigenvalue weighted by Crippen LogP contribution is -2.17. The number of aryl methyl sites for hydroxylation is 1. The van der Waals surface area contributed by atoms with Crippen LogP contribution in [0, 0.1) is 11.3 Å². The zero-order valence-corrected chi connectivity index (χ0v) is 9.12. The molecule has 0 N–H and O–H groups in total. The van der Waals surface area contributed by atoms with Gasteiger partial charge >= 0.3 is 0 Å². The Labute approximate surface area is 95.5 Å². The van der Waals surface area contributed by atoms with Crippen LogP contribution in [0.4, 0.5) is 0 Å². The third-order valence-corrected chi connectivity index (χ3v) is 3.67. The van der Waals surface area contributed by atoms with Gasteiger partial charge in [0.25, 0.3) is 5.56 Å². The minimum atomic E-state index is -0.0559. The third kappa shape index (κ3) is 1.24. The van der Waals surface area contributed by atoms with Crippen LogP contribution in [-0.4, -0.2) is 15.1 Å². The number of fused-ring (bicyclic) bond motifs is 2. The summed E-state index contributed by atoms with van der Waals surface area (Å²) in [5.74, 6) is 0.916. The van der Waals surface area contributed by atoms with Crippen molar-refractivity contribution in [3.8, 4) is 6.07 Å². The second-order valence-electron chi connectivity index (χ2n) is 3.55. The molecule has 0 aromatic carbocycles. The highest BCUT2D eigenvalue weighted by Crippen LogP contribution is 2.26. The van der Waals surface area contributed by atoms with Crippen LogP contribution in [0.2, 0.25) is 0 Å². The van der Waals surface area contributed by atoms with Gasteiger partial charge < -0.3 is 0 Å². The molecule has 2 aromatic heterocycles. The fourth-order valence-electron chi connectivity index (χ4n) is 1.80. The molecule has 78 valence electrons. The summed E-state index contributed by atoms with van der Waals surface area (Å²) in [6.07, 6.45) is 2.40. The molecule has 0 spiro atoms. The first kappa shape index (κ1) is 9.43. The molecule has 5 heteroatoms. The normalized spacial score (nSPS) is 13.7. The van der Waals surface area contributed by atoms with Crippen LogP contribution < -0.4 is 5.56 Å². The molecule has 1 aliphatic heterocycles. The average Bonchev–Trinajstić information content (AvgIpc) is 2.77. The average molecular weight is 229 g/mol. The Morgan fingerprint density at radius 2 is 2.38 bits per heavy atom. The summed E-state index contributed by atoms with van der Waals surface area (Å²) in [5.41, 5.74) is 1.92. The SMILES string of the molecule is N#Cc1ccc2nc3c(c(=O)n2c1)SCC3. The Morgan fingerprint density at radius 1 is 1.50 bits per heavy atom. The van der Waals surface area contributed by atoms with Gasteiger partial charge in [-0.1, -0.05) is 0 Å². The monoisotopic (exact) mass is 229 g/mol. The first-order valence-electron chi connectivity index (χ1n) is 4.88. The molecule has 4 nitrogen and oxygen atoms in total. The first-order valence-corrected chi connectivity index (χ1v) is 5.86. The van der Waals surface area contributed by atoms with Crippen LogP contribution in [0.15, 0.2) is 28.0 Å². The quantitative estimate of drug-likeness (QED) is 0.681. The first-order chi connectivity index (χ1) is 7.79. The molecule has 0 fully saturated rings. The number of pyridine rings is 1. The predicted molar refractivity (Wildman–Crippen MR) is 60.6 cm³/mol. The van der Waals surface area contributed by atoms with E-state index in [0.717, 1.165) is 22.8 Å². The second kappa shape index (κ2) is 3.35. The summed E-state index contributed by atoms with van der Waals surface area (Å²) >= 11 is 1.54. The van der Waals surface area contributed by atoms with Gasteiger partial charge in [0.2, 0.25) is 0 Å². The minimum absolute atomic E-state index is 0.0559. The third-order valence-electron chi connectivity index (χ3n) is 2.57. The molecule has 3 heterocycles. The van der Waals surface area contributed by atoms with Crippen LogP contribution >= 0.6 is 11.8 Å². The van der Waals surface area contributed by atoms with Crippen molar-refractivity contribution in [2.75, 3.05) is 5.75 Å². The summed E-state index contributed by atoms with van der Waals surface area (Å²) in [5, 5.41) is 8.79. The minimum Gasteiger partial charge on any atom is -0.268 e. The zero-order chi connectivity index (χ0) is 11.1. The van der Waals surface area contributed by atoms with E-state index in [0.29, 0.717) is 11.2 Å². The van der Waals surface area contributed by atoms with Gasteiger partial charge in [0.15, 0.2) is 0 Å². The molecule has 0 unspecified atom stereocenters. The molecule has 0 saturated carbocycles. The maximum atomic E-state index is 12.1. The molecule has 16 heavy (non-hydrogen) atoms. The number of hydrogen-bond acceptors (Lipinski definition) is 4. The van der Waals surface area contributed by atoms with Crippen molar-refractivity contribution >= 4 is 17.4 Å². The van der Waals surface area contributed by atoms with E-state index in [-0.39, 0.29) is 5.56 Å². The second-order valence-corrected chi connectivity index (χ2v) is 4.65. The topological polar surface area (TPSA) is 58.2 Å². The van der Waals surface area contributed by atoms with Crippen molar-refractivity contribution in [2.24, 2.45) is 0 Å². The van der Waals surface area contributed by atoms with Crippen molar-refractivity contribution < 1.29 is 0 Å². The van der Waals surface area contributed by atoms with E-state index in [1.54, 1.807) is 30.1 Å². The van der Waals surface area contributed by atoms with Crippen molar-refractivity contribution in [3.05, 3.63) is 39.9 Å². The Kier molecular flexibility index (Phi) is 1.98. The molecule has 3 rings (SSSR count). The summed E-state index contributed by atoms with van der Waals surface area (Å²) < 4.78 is 1.45. The van der Waals surface area contributed by atoms with Crippen LogP contribution in [0.5, 0.6) is 0 Å². The molecular weight excluding hydrogens is 222 g/mol. The fourth-order valence-corrected chi connectivity index (χ4v) is 2.83. The van der Waals surface area contributed by atoms with E-state index in [4.69, 9.17) is 5.26 Å². The Bertz CT molecular complexity index is 684. The van der Waals surface area contributed by atoms with Crippen LogP contribution in [-0.2, 0) is 6.42 Å². The van der Waals surface area contributed by atoms with E-state index >= 15 is 0 Å². The highest BCUT2D eigenvalue weighted by Gasteiger charge is 2.18. The van der Waals surface area contributed by atoms with Gasteiger partial charge in [-0.05, 0) is 12.1 Å². The van der Waals surface area contributed by atoms with Crippen LogP contribution in [0.25, 0.3) is 5.65 Å². The number of rotatable bonds is 0. The molecule has 2 aromatic rings. The van der Waals surface area contributed by atoms with Crippen molar-refractivity contribution in [1.82, 2.24) is 9.38 Å². The van der Waals surface area contributed by atoms with Gasteiger partial charge in [-0.2, -0.15) is 5.26 Å². The number of nitriles is 1. The zero-order valence-electron chi connectivity index (χ0n) is 8.30. The van der Waals surface area contributed by atoms with Crippen molar-refractivity contribution in [2.45, 2.75) is 11.3 Å². The molecule has 0 saturated heterocycles. The molecule has 0 bridgehead atoms. The maximum absolute atomic E-state index is 12.1. The van der Waals surface area contributed by atoms with E-state index in [9.17, 15) is 4.79 Å².